The fourth-order valence-corrected chi connectivity index (χ4v) is 1.57. The Bertz CT molecular complexity index is 306. The summed E-state index contributed by atoms with van der Waals surface area (Å²) < 4.78 is 0. The number of pyridine rings is 1. The fraction of sp³-hybridized carbons (Fsp3) is 0.400. The van der Waals surface area contributed by atoms with Crippen LogP contribution in [0.5, 0.6) is 0 Å². The summed E-state index contributed by atoms with van der Waals surface area (Å²) in [5.74, 6) is 0.0497. The standard InChI is InChI=1S/C10H13N3O/c14-10(9-2-1-5-12-9)13-8-3-6-11-7-4-8/h3-4,6-7,9,12H,1-2,5H2,(H,11,13,14). The number of hydrogen-bond donors (Lipinski definition) is 2. The average Bonchev–Trinajstić information content (AvgIpc) is 2.72. The van der Waals surface area contributed by atoms with Crippen LogP contribution >= 0.6 is 0 Å². The van der Waals surface area contributed by atoms with E-state index in [0.29, 0.717) is 0 Å². The maximum Gasteiger partial charge on any atom is 0.241 e. The lowest BCUT2D eigenvalue weighted by molar-refractivity contribution is -0.117. The Morgan fingerprint density at radius 2 is 2.29 bits per heavy atom. The van der Waals surface area contributed by atoms with Gasteiger partial charge in [0.05, 0.1) is 6.04 Å². The van der Waals surface area contributed by atoms with E-state index in [2.05, 4.69) is 15.6 Å². The Hall–Kier alpha value is -1.42. The third kappa shape index (κ3) is 2.09. The third-order valence-electron chi connectivity index (χ3n) is 2.32. The molecule has 0 radical (unpaired) electrons. The maximum absolute atomic E-state index is 11.6. The maximum atomic E-state index is 11.6. The van der Waals surface area contributed by atoms with E-state index < -0.39 is 0 Å². The van der Waals surface area contributed by atoms with Crippen LogP contribution in [0.4, 0.5) is 5.69 Å². The molecule has 0 spiro atoms. The minimum absolute atomic E-state index is 0.0248. The SMILES string of the molecule is O=C(Nc1ccncc1)C1CCCN1. The zero-order chi connectivity index (χ0) is 9.80. The molecule has 4 nitrogen and oxygen atoms in total. The summed E-state index contributed by atoms with van der Waals surface area (Å²) in [6.45, 7) is 0.939. The summed E-state index contributed by atoms with van der Waals surface area (Å²) in [6.07, 6.45) is 5.33. The largest absolute Gasteiger partial charge is 0.325 e. The minimum Gasteiger partial charge on any atom is -0.325 e. The molecule has 0 saturated carbocycles. The van der Waals surface area contributed by atoms with E-state index >= 15 is 0 Å². The molecule has 2 heterocycles. The minimum atomic E-state index is -0.0248. The lowest BCUT2D eigenvalue weighted by atomic mass is 10.2. The molecule has 1 aliphatic rings. The first kappa shape index (κ1) is 9.15. The second-order valence-electron chi connectivity index (χ2n) is 3.37. The molecule has 2 N–H and O–H groups in total. The molecule has 1 aromatic heterocycles. The van der Waals surface area contributed by atoms with Crippen LogP contribution in [-0.4, -0.2) is 23.5 Å². The van der Waals surface area contributed by atoms with Crippen molar-refractivity contribution >= 4 is 11.6 Å². The van der Waals surface area contributed by atoms with Crippen molar-refractivity contribution in [3.63, 3.8) is 0 Å². The van der Waals surface area contributed by atoms with Crippen LogP contribution in [0.3, 0.4) is 0 Å². The number of nitrogens with one attached hydrogen (secondary N) is 2. The van der Waals surface area contributed by atoms with Gasteiger partial charge >= 0.3 is 0 Å². The van der Waals surface area contributed by atoms with Gasteiger partial charge in [-0.15, -0.1) is 0 Å². The number of hydrogen-bond acceptors (Lipinski definition) is 3. The van der Waals surface area contributed by atoms with E-state index in [4.69, 9.17) is 0 Å². The Morgan fingerprint density at radius 3 is 2.93 bits per heavy atom. The number of nitrogens with zero attached hydrogens (tertiary/aromatic N) is 1. The molecule has 0 aromatic carbocycles. The zero-order valence-corrected chi connectivity index (χ0v) is 7.86. The zero-order valence-electron chi connectivity index (χ0n) is 7.86. The molecule has 1 unspecified atom stereocenters. The highest BCUT2D eigenvalue weighted by molar-refractivity contribution is 5.94. The summed E-state index contributed by atoms with van der Waals surface area (Å²) in [5, 5.41) is 5.99. The highest BCUT2D eigenvalue weighted by Crippen LogP contribution is 2.09. The Morgan fingerprint density at radius 1 is 1.50 bits per heavy atom. The molecule has 1 atom stereocenters. The van der Waals surface area contributed by atoms with Crippen molar-refractivity contribution in [1.82, 2.24) is 10.3 Å². The van der Waals surface area contributed by atoms with Crippen molar-refractivity contribution in [2.24, 2.45) is 0 Å². The van der Waals surface area contributed by atoms with Crippen LogP contribution in [0.2, 0.25) is 0 Å². The molecule has 1 aliphatic heterocycles. The van der Waals surface area contributed by atoms with Crippen molar-refractivity contribution in [1.29, 1.82) is 0 Å². The molecule has 1 aromatic rings. The number of aromatic nitrogens is 1. The summed E-state index contributed by atoms with van der Waals surface area (Å²) in [4.78, 5) is 15.5. The van der Waals surface area contributed by atoms with Crippen LogP contribution in [0, 0.1) is 0 Å². The number of rotatable bonds is 2. The Balaban J connectivity index is 1.94. The second-order valence-corrected chi connectivity index (χ2v) is 3.37. The van der Waals surface area contributed by atoms with E-state index in [9.17, 15) is 4.79 Å². The Kier molecular flexibility index (Phi) is 2.74. The van der Waals surface area contributed by atoms with Crippen LogP contribution in [0.15, 0.2) is 24.5 Å². The molecular weight excluding hydrogens is 178 g/mol. The van der Waals surface area contributed by atoms with Crippen molar-refractivity contribution in [2.75, 3.05) is 11.9 Å². The van der Waals surface area contributed by atoms with Gasteiger partial charge < -0.3 is 10.6 Å². The lowest BCUT2D eigenvalue weighted by Crippen LogP contribution is -2.35. The van der Waals surface area contributed by atoms with Gasteiger partial charge in [0.2, 0.25) is 5.91 Å². The van der Waals surface area contributed by atoms with Crippen molar-refractivity contribution in [3.8, 4) is 0 Å². The number of carbonyl (C=O) groups excluding carboxylic acids is 1. The van der Waals surface area contributed by atoms with Crippen LogP contribution in [0.25, 0.3) is 0 Å². The average molecular weight is 191 g/mol. The van der Waals surface area contributed by atoms with Crippen molar-refractivity contribution in [2.45, 2.75) is 18.9 Å². The lowest BCUT2D eigenvalue weighted by Gasteiger charge is -2.10. The van der Waals surface area contributed by atoms with Gasteiger partial charge in [-0.2, -0.15) is 0 Å². The summed E-state index contributed by atoms with van der Waals surface area (Å²) in [6, 6.07) is 3.54. The highest BCUT2D eigenvalue weighted by Gasteiger charge is 2.21. The number of amides is 1. The molecular formula is C10H13N3O. The van der Waals surface area contributed by atoms with Crippen LogP contribution in [-0.2, 0) is 4.79 Å². The second kappa shape index (κ2) is 4.19. The highest BCUT2D eigenvalue weighted by atomic mass is 16.2. The summed E-state index contributed by atoms with van der Waals surface area (Å²) in [7, 11) is 0. The van der Waals surface area contributed by atoms with Crippen LogP contribution < -0.4 is 10.6 Å². The van der Waals surface area contributed by atoms with Gasteiger partial charge in [-0.25, -0.2) is 0 Å². The van der Waals surface area contributed by atoms with Gasteiger partial charge in [0, 0.05) is 18.1 Å². The smallest absolute Gasteiger partial charge is 0.241 e. The summed E-state index contributed by atoms with van der Waals surface area (Å²) in [5.41, 5.74) is 0.804. The topological polar surface area (TPSA) is 54.0 Å². The predicted octanol–water partition coefficient (Wildman–Crippen LogP) is 0.772. The molecule has 74 valence electrons. The summed E-state index contributed by atoms with van der Waals surface area (Å²) >= 11 is 0. The first-order valence-electron chi connectivity index (χ1n) is 4.80. The molecule has 1 amide bonds. The van der Waals surface area contributed by atoms with E-state index in [1.165, 1.54) is 0 Å². The molecule has 1 saturated heterocycles. The molecule has 2 rings (SSSR count). The van der Waals surface area contributed by atoms with Gasteiger partial charge in [-0.3, -0.25) is 9.78 Å². The molecule has 0 aliphatic carbocycles. The van der Waals surface area contributed by atoms with E-state index in [-0.39, 0.29) is 11.9 Å². The third-order valence-corrected chi connectivity index (χ3v) is 2.32. The van der Waals surface area contributed by atoms with Gasteiger partial charge in [0.25, 0.3) is 0 Å². The molecule has 1 fully saturated rings. The Labute approximate surface area is 82.7 Å². The first-order chi connectivity index (χ1) is 6.86. The monoisotopic (exact) mass is 191 g/mol. The van der Waals surface area contributed by atoms with Gasteiger partial charge in [-0.05, 0) is 31.5 Å². The van der Waals surface area contributed by atoms with Gasteiger partial charge in [0.1, 0.15) is 0 Å². The van der Waals surface area contributed by atoms with Crippen molar-refractivity contribution in [3.05, 3.63) is 24.5 Å². The van der Waals surface area contributed by atoms with Crippen molar-refractivity contribution < 1.29 is 4.79 Å². The van der Waals surface area contributed by atoms with E-state index in [1.807, 2.05) is 0 Å². The van der Waals surface area contributed by atoms with E-state index in [1.54, 1.807) is 24.5 Å². The molecule has 4 heteroatoms. The number of carbonyl (C=O) groups is 1. The molecule has 14 heavy (non-hydrogen) atoms. The molecule has 0 bridgehead atoms. The van der Waals surface area contributed by atoms with Crippen LogP contribution in [0.1, 0.15) is 12.8 Å². The normalized spacial score (nSPS) is 20.7. The number of anilines is 1. The quantitative estimate of drug-likeness (QED) is 0.726. The van der Waals surface area contributed by atoms with Gasteiger partial charge in [-0.1, -0.05) is 0 Å². The van der Waals surface area contributed by atoms with Gasteiger partial charge in [0.15, 0.2) is 0 Å². The fourth-order valence-electron chi connectivity index (χ4n) is 1.57. The first-order valence-corrected chi connectivity index (χ1v) is 4.80. The predicted molar refractivity (Wildman–Crippen MR) is 53.9 cm³/mol. The van der Waals surface area contributed by atoms with E-state index in [0.717, 1.165) is 25.1 Å².